The Morgan fingerprint density at radius 1 is 1.00 bits per heavy atom. The van der Waals surface area contributed by atoms with Crippen molar-refractivity contribution in [1.82, 2.24) is 0 Å². The number of rotatable bonds is 1. The van der Waals surface area contributed by atoms with E-state index in [-0.39, 0.29) is 0 Å². The third-order valence-corrected chi connectivity index (χ3v) is 3.30. The largest absolute Gasteiger partial charge is 0.463 e. The minimum atomic E-state index is -4.34. The molecule has 0 unspecified atom stereocenters. The average molecular weight is 276 g/mol. The number of aryl methyl sites for hydroxylation is 1. The minimum absolute atomic E-state index is 0.504. The first kappa shape index (κ1) is 12.8. The maximum Gasteiger partial charge on any atom is 0.416 e. The van der Waals surface area contributed by atoms with Gasteiger partial charge in [-0.25, -0.2) is 0 Å². The lowest BCUT2D eigenvalue weighted by Gasteiger charge is -2.08. The van der Waals surface area contributed by atoms with Crippen molar-refractivity contribution < 1.29 is 17.6 Å². The monoisotopic (exact) mass is 276 g/mol. The van der Waals surface area contributed by atoms with E-state index in [4.69, 9.17) is 4.42 Å². The lowest BCUT2D eigenvalue weighted by atomic mass is 10.0. The summed E-state index contributed by atoms with van der Waals surface area (Å²) in [4.78, 5) is 0. The fraction of sp³-hybridized carbons (Fsp3) is 0.125. The molecule has 102 valence electrons. The van der Waals surface area contributed by atoms with Gasteiger partial charge in [0, 0.05) is 10.9 Å². The van der Waals surface area contributed by atoms with Gasteiger partial charge in [-0.2, -0.15) is 13.2 Å². The maximum absolute atomic E-state index is 12.8. The van der Waals surface area contributed by atoms with Gasteiger partial charge in [0.25, 0.3) is 0 Å². The molecule has 0 aliphatic rings. The van der Waals surface area contributed by atoms with Crippen LogP contribution in [-0.2, 0) is 6.18 Å². The van der Waals surface area contributed by atoms with Crippen molar-refractivity contribution in [3.63, 3.8) is 0 Å². The van der Waals surface area contributed by atoms with Gasteiger partial charge in [-0.05, 0) is 30.2 Å². The highest BCUT2D eigenvalue weighted by Gasteiger charge is 2.30. The normalized spacial score (nSPS) is 12.0. The molecular formula is C16H11F3O. The molecule has 0 N–H and O–H groups in total. The van der Waals surface area contributed by atoms with Crippen LogP contribution in [0.5, 0.6) is 0 Å². The molecule has 0 radical (unpaired) electrons. The van der Waals surface area contributed by atoms with Crippen molar-refractivity contribution >= 4 is 11.0 Å². The number of para-hydroxylation sites is 1. The Morgan fingerprint density at radius 3 is 2.50 bits per heavy atom. The highest BCUT2D eigenvalue weighted by Crippen LogP contribution is 2.36. The average Bonchev–Trinajstić information content (AvgIpc) is 2.83. The second-order valence-electron chi connectivity index (χ2n) is 4.68. The number of halogens is 3. The first-order valence-electron chi connectivity index (χ1n) is 6.11. The third kappa shape index (κ3) is 2.07. The molecule has 1 heterocycles. The highest BCUT2D eigenvalue weighted by molar-refractivity contribution is 5.95. The molecule has 4 heteroatoms. The molecule has 0 saturated carbocycles. The number of benzene rings is 2. The smallest absolute Gasteiger partial charge is 0.416 e. The Labute approximate surface area is 113 Å². The van der Waals surface area contributed by atoms with E-state index in [1.165, 1.54) is 12.3 Å². The van der Waals surface area contributed by atoms with Crippen LogP contribution in [0.4, 0.5) is 13.2 Å². The summed E-state index contributed by atoms with van der Waals surface area (Å²) in [5, 5.41) is 0.823. The summed E-state index contributed by atoms with van der Waals surface area (Å²) in [7, 11) is 0. The summed E-state index contributed by atoms with van der Waals surface area (Å²) >= 11 is 0. The molecule has 3 aromatic rings. The van der Waals surface area contributed by atoms with E-state index in [1.807, 2.05) is 25.1 Å². The van der Waals surface area contributed by atoms with Gasteiger partial charge in [-0.3, -0.25) is 0 Å². The van der Waals surface area contributed by atoms with Crippen molar-refractivity contribution in [2.45, 2.75) is 13.1 Å². The zero-order valence-corrected chi connectivity index (χ0v) is 10.7. The van der Waals surface area contributed by atoms with Crippen LogP contribution >= 0.6 is 0 Å². The zero-order chi connectivity index (χ0) is 14.3. The van der Waals surface area contributed by atoms with Crippen molar-refractivity contribution in [2.24, 2.45) is 0 Å². The first-order valence-corrected chi connectivity index (χ1v) is 6.11. The molecule has 3 rings (SSSR count). The van der Waals surface area contributed by atoms with Crippen LogP contribution in [0, 0.1) is 6.92 Å². The fourth-order valence-electron chi connectivity index (χ4n) is 2.29. The predicted molar refractivity (Wildman–Crippen MR) is 71.4 cm³/mol. The SMILES string of the molecule is Cc1cccc2c(-c3cccc(C(F)(F)F)c3)coc12. The van der Waals surface area contributed by atoms with E-state index < -0.39 is 11.7 Å². The number of furan rings is 1. The van der Waals surface area contributed by atoms with Crippen LogP contribution in [0.1, 0.15) is 11.1 Å². The molecule has 0 atom stereocenters. The molecule has 0 spiro atoms. The topological polar surface area (TPSA) is 13.1 Å². The van der Waals surface area contributed by atoms with E-state index in [0.29, 0.717) is 16.7 Å². The highest BCUT2D eigenvalue weighted by atomic mass is 19.4. The van der Waals surface area contributed by atoms with Crippen LogP contribution in [-0.4, -0.2) is 0 Å². The van der Waals surface area contributed by atoms with Crippen LogP contribution in [0.25, 0.3) is 22.1 Å². The quantitative estimate of drug-likeness (QED) is 0.577. The number of hydrogen-bond acceptors (Lipinski definition) is 1. The zero-order valence-electron chi connectivity index (χ0n) is 10.7. The van der Waals surface area contributed by atoms with E-state index in [2.05, 4.69) is 0 Å². The van der Waals surface area contributed by atoms with Gasteiger partial charge >= 0.3 is 6.18 Å². The molecule has 0 saturated heterocycles. The summed E-state index contributed by atoms with van der Waals surface area (Å²) in [5.74, 6) is 0. The van der Waals surface area contributed by atoms with Gasteiger partial charge in [0.2, 0.25) is 0 Å². The Bertz CT molecular complexity index is 769. The molecule has 2 aromatic carbocycles. The van der Waals surface area contributed by atoms with Crippen LogP contribution in [0.2, 0.25) is 0 Å². The second-order valence-corrected chi connectivity index (χ2v) is 4.68. The lowest BCUT2D eigenvalue weighted by molar-refractivity contribution is -0.137. The van der Waals surface area contributed by atoms with Gasteiger partial charge in [-0.1, -0.05) is 30.3 Å². The maximum atomic E-state index is 12.8. The van der Waals surface area contributed by atoms with E-state index >= 15 is 0 Å². The lowest BCUT2D eigenvalue weighted by Crippen LogP contribution is -2.04. The standard InChI is InChI=1S/C16H11F3O/c1-10-4-2-7-13-14(9-20-15(10)13)11-5-3-6-12(8-11)16(17,18)19/h2-9H,1H3. The van der Waals surface area contributed by atoms with Crippen molar-refractivity contribution in [3.05, 3.63) is 59.9 Å². The van der Waals surface area contributed by atoms with Crippen molar-refractivity contribution in [3.8, 4) is 11.1 Å². The van der Waals surface area contributed by atoms with Crippen molar-refractivity contribution in [1.29, 1.82) is 0 Å². The van der Waals surface area contributed by atoms with Gasteiger partial charge in [0.15, 0.2) is 0 Å². The van der Waals surface area contributed by atoms with Gasteiger partial charge < -0.3 is 4.42 Å². The first-order chi connectivity index (χ1) is 9.47. The third-order valence-electron chi connectivity index (χ3n) is 3.30. The van der Waals surface area contributed by atoms with Gasteiger partial charge in [-0.15, -0.1) is 0 Å². The molecule has 1 nitrogen and oxygen atoms in total. The molecule has 1 aromatic heterocycles. The Morgan fingerprint density at radius 2 is 1.75 bits per heavy atom. The molecule has 0 bridgehead atoms. The second kappa shape index (κ2) is 4.40. The molecule has 0 fully saturated rings. The van der Waals surface area contributed by atoms with E-state index in [9.17, 15) is 13.2 Å². The Hall–Kier alpha value is -2.23. The van der Waals surface area contributed by atoms with Crippen LogP contribution in [0.3, 0.4) is 0 Å². The molecular weight excluding hydrogens is 265 g/mol. The summed E-state index contributed by atoms with van der Waals surface area (Å²) in [6, 6.07) is 10.9. The molecule has 0 amide bonds. The number of fused-ring (bicyclic) bond motifs is 1. The summed E-state index contributed by atoms with van der Waals surface area (Å²) in [6.45, 7) is 1.90. The van der Waals surface area contributed by atoms with Crippen LogP contribution in [0.15, 0.2) is 53.1 Å². The van der Waals surface area contributed by atoms with Gasteiger partial charge in [0.1, 0.15) is 5.58 Å². The Kier molecular flexibility index (Phi) is 2.82. The number of alkyl halides is 3. The summed E-state index contributed by atoms with van der Waals surface area (Å²) in [5.41, 5.74) is 2.19. The molecule has 20 heavy (non-hydrogen) atoms. The summed E-state index contributed by atoms with van der Waals surface area (Å²) < 4.78 is 43.8. The predicted octanol–water partition coefficient (Wildman–Crippen LogP) is 5.43. The molecule has 0 aliphatic carbocycles. The van der Waals surface area contributed by atoms with Crippen LogP contribution < -0.4 is 0 Å². The van der Waals surface area contributed by atoms with Gasteiger partial charge in [0.05, 0.1) is 11.8 Å². The number of hydrogen-bond donors (Lipinski definition) is 0. The van der Waals surface area contributed by atoms with E-state index in [0.717, 1.165) is 23.1 Å². The van der Waals surface area contributed by atoms with Crippen molar-refractivity contribution in [2.75, 3.05) is 0 Å². The van der Waals surface area contributed by atoms with E-state index in [1.54, 1.807) is 6.07 Å². The summed E-state index contributed by atoms with van der Waals surface area (Å²) in [6.07, 6.45) is -2.83. The minimum Gasteiger partial charge on any atom is -0.463 e. The molecule has 0 aliphatic heterocycles. The fourth-order valence-corrected chi connectivity index (χ4v) is 2.29. The Balaban J connectivity index is 2.19.